The molecule has 0 fully saturated rings. The maximum atomic E-state index is 12.4. The molecule has 0 saturated carbocycles. The minimum Gasteiger partial charge on any atom is -0.251 e. The van der Waals surface area contributed by atoms with Crippen molar-refractivity contribution in [3.63, 3.8) is 0 Å². The zero-order valence-electron chi connectivity index (χ0n) is 7.31. The van der Waals surface area contributed by atoms with Gasteiger partial charge in [0.1, 0.15) is 11.8 Å². The highest BCUT2D eigenvalue weighted by atomic mass is 19.3. The number of hydrogen-bond acceptors (Lipinski definition) is 2. The highest BCUT2D eigenvalue weighted by Gasteiger charge is 2.16. The van der Waals surface area contributed by atoms with Gasteiger partial charge in [-0.25, -0.2) is 8.78 Å². The van der Waals surface area contributed by atoms with Crippen molar-refractivity contribution in [1.29, 1.82) is 5.26 Å². The van der Waals surface area contributed by atoms with E-state index in [1.165, 1.54) is 0 Å². The van der Waals surface area contributed by atoms with Crippen LogP contribution in [0.3, 0.4) is 0 Å². The van der Waals surface area contributed by atoms with Crippen LogP contribution in [0.4, 0.5) is 8.78 Å². The van der Waals surface area contributed by atoms with E-state index in [4.69, 9.17) is 5.26 Å². The molecular weight excluding hydrogens is 174 g/mol. The van der Waals surface area contributed by atoms with Gasteiger partial charge in [0.15, 0.2) is 0 Å². The molecule has 1 aromatic heterocycles. The predicted molar refractivity (Wildman–Crippen MR) is 43.4 cm³/mol. The molecule has 0 saturated heterocycles. The molecule has 0 radical (unpaired) electrons. The molecule has 4 heteroatoms. The van der Waals surface area contributed by atoms with Crippen LogP contribution in [0.2, 0.25) is 0 Å². The van der Waals surface area contributed by atoms with Gasteiger partial charge in [-0.05, 0) is 25.5 Å². The number of halogens is 2. The number of rotatable bonds is 1. The Morgan fingerprint density at radius 1 is 1.46 bits per heavy atom. The molecule has 1 rings (SSSR count). The van der Waals surface area contributed by atoms with Gasteiger partial charge in [0.05, 0.1) is 5.56 Å². The molecule has 0 aliphatic carbocycles. The fraction of sp³-hybridized carbons (Fsp3) is 0.333. The molecule has 68 valence electrons. The minimum atomic E-state index is -2.69. The van der Waals surface area contributed by atoms with E-state index in [0.29, 0.717) is 11.3 Å². The van der Waals surface area contributed by atoms with Gasteiger partial charge >= 0.3 is 0 Å². The lowest BCUT2D eigenvalue weighted by atomic mass is 10.1. The van der Waals surface area contributed by atoms with Crippen molar-refractivity contribution in [3.8, 4) is 6.07 Å². The van der Waals surface area contributed by atoms with E-state index >= 15 is 0 Å². The normalized spacial score (nSPS) is 10.2. The minimum absolute atomic E-state index is 0.0133. The number of aromatic nitrogens is 1. The first-order chi connectivity index (χ1) is 6.06. The molecule has 0 N–H and O–H groups in total. The van der Waals surface area contributed by atoms with E-state index in [2.05, 4.69) is 4.98 Å². The molecule has 1 aromatic rings. The topological polar surface area (TPSA) is 36.7 Å². The molecule has 0 amide bonds. The maximum Gasteiger partial charge on any atom is 0.281 e. The summed E-state index contributed by atoms with van der Waals surface area (Å²) >= 11 is 0. The average Bonchev–Trinajstić information content (AvgIpc) is 2.02. The third-order valence-electron chi connectivity index (χ3n) is 1.69. The summed E-state index contributed by atoms with van der Waals surface area (Å²) in [7, 11) is 0. The molecule has 0 bridgehead atoms. The van der Waals surface area contributed by atoms with E-state index < -0.39 is 12.1 Å². The van der Waals surface area contributed by atoms with Crippen LogP contribution in [0.25, 0.3) is 0 Å². The zero-order valence-corrected chi connectivity index (χ0v) is 7.31. The van der Waals surface area contributed by atoms with Crippen LogP contribution in [0, 0.1) is 25.2 Å². The number of aryl methyl sites for hydroxylation is 2. The third kappa shape index (κ3) is 1.81. The van der Waals surface area contributed by atoms with Crippen molar-refractivity contribution in [2.24, 2.45) is 0 Å². The Morgan fingerprint density at radius 2 is 2.08 bits per heavy atom. The van der Waals surface area contributed by atoms with E-state index in [0.717, 1.165) is 0 Å². The average molecular weight is 182 g/mol. The lowest BCUT2D eigenvalue weighted by Gasteiger charge is -2.05. The number of hydrogen-bond donors (Lipinski definition) is 0. The Balaban J connectivity index is 3.41. The highest BCUT2D eigenvalue weighted by Crippen LogP contribution is 2.23. The Morgan fingerprint density at radius 3 is 2.54 bits per heavy atom. The summed E-state index contributed by atoms with van der Waals surface area (Å²) < 4.78 is 24.7. The second kappa shape index (κ2) is 3.48. The van der Waals surface area contributed by atoms with Gasteiger partial charge < -0.3 is 0 Å². The molecule has 1 heterocycles. The van der Waals surface area contributed by atoms with Crippen molar-refractivity contribution >= 4 is 0 Å². The molecule has 0 aliphatic rings. The van der Waals surface area contributed by atoms with Gasteiger partial charge in [-0.1, -0.05) is 0 Å². The lowest BCUT2D eigenvalue weighted by Crippen LogP contribution is -2.00. The second-order valence-corrected chi connectivity index (χ2v) is 2.75. The highest BCUT2D eigenvalue weighted by molar-refractivity contribution is 5.41. The Labute approximate surface area is 74.8 Å². The fourth-order valence-electron chi connectivity index (χ4n) is 1.17. The van der Waals surface area contributed by atoms with Gasteiger partial charge in [-0.3, -0.25) is 4.98 Å². The number of nitrogens with zero attached hydrogens (tertiary/aromatic N) is 2. The summed E-state index contributed by atoms with van der Waals surface area (Å²) in [5.41, 5.74) is 0.623. The van der Waals surface area contributed by atoms with Gasteiger partial charge in [0.25, 0.3) is 6.43 Å². The quantitative estimate of drug-likeness (QED) is 0.669. The third-order valence-corrected chi connectivity index (χ3v) is 1.69. The molecule has 0 aromatic carbocycles. The molecule has 0 unspecified atom stereocenters. The SMILES string of the molecule is Cc1cc(C)c(C#N)c(C(F)F)n1. The van der Waals surface area contributed by atoms with E-state index in [1.807, 2.05) is 0 Å². The monoisotopic (exact) mass is 182 g/mol. The smallest absolute Gasteiger partial charge is 0.251 e. The Bertz CT molecular complexity index is 367. The van der Waals surface area contributed by atoms with Crippen LogP contribution >= 0.6 is 0 Å². The fourth-order valence-corrected chi connectivity index (χ4v) is 1.17. The van der Waals surface area contributed by atoms with Crippen LogP contribution < -0.4 is 0 Å². The molecule has 13 heavy (non-hydrogen) atoms. The van der Waals surface area contributed by atoms with Gasteiger partial charge in [0.2, 0.25) is 0 Å². The van der Waals surface area contributed by atoms with Gasteiger partial charge in [0, 0.05) is 5.69 Å². The molecule has 0 atom stereocenters. The van der Waals surface area contributed by atoms with E-state index in [9.17, 15) is 8.78 Å². The van der Waals surface area contributed by atoms with Crippen LogP contribution in [-0.4, -0.2) is 4.98 Å². The van der Waals surface area contributed by atoms with Crippen molar-refractivity contribution in [2.45, 2.75) is 20.3 Å². The molecule has 0 aliphatic heterocycles. The van der Waals surface area contributed by atoms with Gasteiger partial charge in [-0.2, -0.15) is 5.26 Å². The second-order valence-electron chi connectivity index (χ2n) is 2.75. The number of alkyl halides is 2. The van der Waals surface area contributed by atoms with Gasteiger partial charge in [-0.15, -0.1) is 0 Å². The van der Waals surface area contributed by atoms with Crippen LogP contribution in [-0.2, 0) is 0 Å². The summed E-state index contributed by atoms with van der Waals surface area (Å²) in [4.78, 5) is 3.63. The number of pyridine rings is 1. The van der Waals surface area contributed by atoms with Crippen molar-refractivity contribution in [2.75, 3.05) is 0 Å². The lowest BCUT2D eigenvalue weighted by molar-refractivity contribution is 0.145. The maximum absolute atomic E-state index is 12.4. The predicted octanol–water partition coefficient (Wildman–Crippen LogP) is 2.51. The molecule has 2 nitrogen and oxygen atoms in total. The van der Waals surface area contributed by atoms with Crippen molar-refractivity contribution in [1.82, 2.24) is 4.98 Å². The Hall–Kier alpha value is -1.50. The molecular formula is C9H8F2N2. The largest absolute Gasteiger partial charge is 0.281 e. The first kappa shape index (κ1) is 9.59. The summed E-state index contributed by atoms with van der Waals surface area (Å²) in [6, 6.07) is 3.35. The van der Waals surface area contributed by atoms with Crippen LogP contribution in [0.15, 0.2) is 6.07 Å². The van der Waals surface area contributed by atoms with Crippen molar-refractivity contribution < 1.29 is 8.78 Å². The summed E-state index contributed by atoms with van der Waals surface area (Å²) in [6.07, 6.45) is -2.69. The standard InChI is InChI=1S/C9H8F2N2/c1-5-3-6(2)13-8(9(10)11)7(5)4-12/h3,9H,1-2H3. The van der Waals surface area contributed by atoms with E-state index in [1.54, 1.807) is 26.0 Å². The molecule has 0 spiro atoms. The van der Waals surface area contributed by atoms with E-state index in [-0.39, 0.29) is 5.56 Å². The van der Waals surface area contributed by atoms with Crippen LogP contribution in [0.5, 0.6) is 0 Å². The summed E-state index contributed by atoms with van der Waals surface area (Å²) in [5.74, 6) is 0. The van der Waals surface area contributed by atoms with Crippen LogP contribution in [0.1, 0.15) is 28.9 Å². The first-order valence-electron chi connectivity index (χ1n) is 3.72. The first-order valence-corrected chi connectivity index (χ1v) is 3.72. The summed E-state index contributed by atoms with van der Waals surface area (Å²) in [6.45, 7) is 3.25. The zero-order chi connectivity index (χ0) is 10.0. The number of nitriles is 1. The Kier molecular flexibility index (Phi) is 2.57. The summed E-state index contributed by atoms with van der Waals surface area (Å²) in [5, 5.41) is 8.62. The van der Waals surface area contributed by atoms with Crippen molar-refractivity contribution in [3.05, 3.63) is 28.6 Å².